The molecule has 2 aromatic heterocycles. The van der Waals surface area contributed by atoms with E-state index >= 15 is 0 Å². The van der Waals surface area contributed by atoms with E-state index in [-0.39, 0.29) is 11.7 Å². The van der Waals surface area contributed by atoms with Gasteiger partial charge in [0.1, 0.15) is 0 Å². The molecule has 5 nitrogen and oxygen atoms in total. The second kappa shape index (κ2) is 7.78. The smallest absolute Gasteiger partial charge is 0.251 e. The summed E-state index contributed by atoms with van der Waals surface area (Å²) < 4.78 is 1.72. The number of hydrogen-bond donors (Lipinski definition) is 1. The minimum absolute atomic E-state index is 0.151. The first-order chi connectivity index (χ1) is 11.6. The van der Waals surface area contributed by atoms with Gasteiger partial charge in [-0.1, -0.05) is 28.1 Å². The number of thioether (sulfide) groups is 1. The molecule has 0 atom stereocenters. The maximum absolute atomic E-state index is 12.0. The number of nitrogens with zero attached hydrogens (tertiary/aromatic N) is 2. The van der Waals surface area contributed by atoms with Crippen LogP contribution in [0.1, 0.15) is 0 Å². The Kier molecular flexibility index (Phi) is 5.49. The van der Waals surface area contributed by atoms with Crippen molar-refractivity contribution in [3.05, 3.63) is 63.7 Å². The van der Waals surface area contributed by atoms with Crippen molar-refractivity contribution in [3.8, 4) is 11.3 Å². The van der Waals surface area contributed by atoms with Gasteiger partial charge in [-0.3, -0.25) is 4.79 Å². The SMILES string of the molecule is O=C(CSc1cccc[n+]1[O-])Nc1nc(-c2cccc(Br)c2)cs1. The largest absolute Gasteiger partial charge is 0.618 e. The van der Waals surface area contributed by atoms with E-state index in [2.05, 4.69) is 26.2 Å². The highest BCUT2D eigenvalue weighted by molar-refractivity contribution is 9.10. The number of hydrogen-bond acceptors (Lipinski definition) is 5. The highest BCUT2D eigenvalue weighted by Crippen LogP contribution is 2.27. The second-order valence-corrected chi connectivity index (χ2v) is 7.52. The van der Waals surface area contributed by atoms with Crippen LogP contribution in [-0.2, 0) is 4.79 Å². The number of carbonyl (C=O) groups is 1. The van der Waals surface area contributed by atoms with Gasteiger partial charge in [-0.2, -0.15) is 4.73 Å². The summed E-state index contributed by atoms with van der Waals surface area (Å²) in [7, 11) is 0. The molecular weight excluding hydrogens is 410 g/mol. The number of pyridine rings is 1. The van der Waals surface area contributed by atoms with Crippen LogP contribution in [0.3, 0.4) is 0 Å². The zero-order valence-corrected chi connectivity index (χ0v) is 15.5. The number of benzene rings is 1. The molecular formula is C16H12BrN3O2S2. The van der Waals surface area contributed by atoms with Crippen molar-refractivity contribution in [3.63, 3.8) is 0 Å². The molecule has 0 spiro atoms. The molecule has 1 aromatic carbocycles. The Morgan fingerprint density at radius 3 is 3.00 bits per heavy atom. The molecule has 0 aliphatic heterocycles. The predicted octanol–water partition coefficient (Wildman–Crippen LogP) is 3.94. The van der Waals surface area contributed by atoms with Crippen molar-refractivity contribution < 1.29 is 9.52 Å². The summed E-state index contributed by atoms with van der Waals surface area (Å²) in [4.78, 5) is 16.4. The van der Waals surface area contributed by atoms with Crippen molar-refractivity contribution in [2.75, 3.05) is 11.1 Å². The quantitative estimate of drug-likeness (QED) is 0.384. The predicted molar refractivity (Wildman–Crippen MR) is 100 cm³/mol. The molecule has 2 heterocycles. The molecule has 1 N–H and O–H groups in total. The third-order valence-corrected chi connectivity index (χ3v) is 5.28. The van der Waals surface area contributed by atoms with E-state index < -0.39 is 0 Å². The lowest BCUT2D eigenvalue weighted by atomic mass is 10.2. The highest BCUT2D eigenvalue weighted by atomic mass is 79.9. The van der Waals surface area contributed by atoms with Crippen LogP contribution in [-0.4, -0.2) is 16.6 Å². The highest BCUT2D eigenvalue weighted by Gasteiger charge is 2.11. The third kappa shape index (κ3) is 4.34. The maximum atomic E-state index is 12.0. The van der Waals surface area contributed by atoms with Gasteiger partial charge in [0.05, 0.1) is 11.4 Å². The lowest BCUT2D eigenvalue weighted by Crippen LogP contribution is -2.28. The van der Waals surface area contributed by atoms with Crippen LogP contribution in [0.4, 0.5) is 5.13 Å². The van der Waals surface area contributed by atoms with E-state index in [0.717, 1.165) is 20.5 Å². The zero-order valence-electron chi connectivity index (χ0n) is 12.3. The number of carbonyl (C=O) groups excluding carboxylic acids is 1. The van der Waals surface area contributed by atoms with E-state index in [0.29, 0.717) is 10.2 Å². The van der Waals surface area contributed by atoms with E-state index in [1.165, 1.54) is 29.3 Å². The molecule has 0 fully saturated rings. The first-order valence-corrected chi connectivity index (χ1v) is 9.60. The monoisotopic (exact) mass is 421 g/mol. The number of anilines is 1. The molecule has 8 heteroatoms. The van der Waals surface area contributed by atoms with Crippen molar-refractivity contribution >= 4 is 50.1 Å². The van der Waals surface area contributed by atoms with Gasteiger partial charge in [-0.25, -0.2) is 4.98 Å². The van der Waals surface area contributed by atoms with Gasteiger partial charge in [0.15, 0.2) is 11.3 Å². The van der Waals surface area contributed by atoms with Crippen LogP contribution in [0, 0.1) is 5.21 Å². The van der Waals surface area contributed by atoms with Gasteiger partial charge >= 0.3 is 0 Å². The molecule has 0 unspecified atom stereocenters. The van der Waals surface area contributed by atoms with Crippen LogP contribution in [0.5, 0.6) is 0 Å². The van der Waals surface area contributed by atoms with E-state index in [1.807, 2.05) is 29.6 Å². The summed E-state index contributed by atoms with van der Waals surface area (Å²) in [6.45, 7) is 0. The average molecular weight is 422 g/mol. The molecule has 0 saturated heterocycles. The minimum Gasteiger partial charge on any atom is -0.618 e. The molecule has 0 saturated carbocycles. The molecule has 0 radical (unpaired) electrons. The minimum atomic E-state index is -0.195. The molecule has 122 valence electrons. The van der Waals surface area contributed by atoms with Gasteiger partial charge in [0.2, 0.25) is 5.91 Å². The zero-order chi connectivity index (χ0) is 16.9. The van der Waals surface area contributed by atoms with Gasteiger partial charge in [-0.15, -0.1) is 11.3 Å². The second-order valence-electron chi connectivity index (χ2n) is 4.75. The third-order valence-electron chi connectivity index (χ3n) is 3.01. The Bertz CT molecular complexity index is 870. The fraction of sp³-hybridized carbons (Fsp3) is 0.0625. The number of amides is 1. The average Bonchev–Trinajstić information content (AvgIpc) is 3.02. The van der Waals surface area contributed by atoms with Gasteiger partial charge < -0.3 is 10.5 Å². The number of aromatic nitrogens is 2. The molecule has 1 amide bonds. The molecule has 0 aliphatic carbocycles. The lowest BCUT2D eigenvalue weighted by Gasteiger charge is -2.03. The van der Waals surface area contributed by atoms with Crippen LogP contribution in [0.15, 0.2) is 63.5 Å². The van der Waals surface area contributed by atoms with Gasteiger partial charge in [0.25, 0.3) is 5.03 Å². The van der Waals surface area contributed by atoms with Gasteiger partial charge in [0, 0.05) is 27.5 Å². The fourth-order valence-electron chi connectivity index (χ4n) is 1.93. The standard InChI is InChI=1S/C16H12BrN3O2S2/c17-12-5-3-4-11(8-12)13-9-24-16(18-13)19-14(21)10-23-15-6-1-2-7-20(15)22/h1-9H,10H2,(H,18,19,21). The Hall–Kier alpha value is -1.90. The van der Waals surface area contributed by atoms with Crippen LogP contribution in [0.25, 0.3) is 11.3 Å². The molecule has 3 aromatic rings. The van der Waals surface area contributed by atoms with Gasteiger partial charge in [-0.05, 0) is 30.0 Å². The Morgan fingerprint density at radius 1 is 1.33 bits per heavy atom. The first-order valence-electron chi connectivity index (χ1n) is 6.94. The summed E-state index contributed by atoms with van der Waals surface area (Å²) in [6, 6.07) is 12.9. The van der Waals surface area contributed by atoms with Crippen LogP contribution in [0.2, 0.25) is 0 Å². The topological polar surface area (TPSA) is 68.9 Å². The Labute approximate surface area is 155 Å². The van der Waals surface area contributed by atoms with Crippen LogP contribution >= 0.6 is 39.0 Å². The van der Waals surface area contributed by atoms with E-state index in [9.17, 15) is 10.0 Å². The Balaban J connectivity index is 1.60. The van der Waals surface area contributed by atoms with Crippen molar-refractivity contribution in [2.45, 2.75) is 5.03 Å². The van der Waals surface area contributed by atoms with E-state index in [1.54, 1.807) is 18.2 Å². The summed E-state index contributed by atoms with van der Waals surface area (Å²) in [5, 5.41) is 17.2. The molecule has 24 heavy (non-hydrogen) atoms. The number of rotatable bonds is 5. The number of thiazole rings is 1. The maximum Gasteiger partial charge on any atom is 0.251 e. The number of halogens is 1. The molecule has 0 bridgehead atoms. The molecule has 0 aliphatic rings. The molecule has 3 rings (SSSR count). The van der Waals surface area contributed by atoms with Crippen molar-refractivity contribution in [2.24, 2.45) is 0 Å². The van der Waals surface area contributed by atoms with Crippen LogP contribution < -0.4 is 10.0 Å². The lowest BCUT2D eigenvalue weighted by molar-refractivity contribution is -0.645. The number of nitrogens with one attached hydrogen (secondary N) is 1. The summed E-state index contributed by atoms with van der Waals surface area (Å²) in [5.74, 6) is -0.0445. The summed E-state index contributed by atoms with van der Waals surface area (Å²) in [6.07, 6.45) is 1.41. The summed E-state index contributed by atoms with van der Waals surface area (Å²) >= 11 is 5.99. The Morgan fingerprint density at radius 2 is 2.21 bits per heavy atom. The normalized spacial score (nSPS) is 10.5. The van der Waals surface area contributed by atoms with E-state index in [4.69, 9.17) is 0 Å². The van der Waals surface area contributed by atoms with Crippen molar-refractivity contribution in [1.82, 2.24) is 4.98 Å². The fourth-order valence-corrected chi connectivity index (χ4v) is 3.78. The summed E-state index contributed by atoms with van der Waals surface area (Å²) in [5.41, 5.74) is 1.79. The first kappa shape index (κ1) is 16.9. The van der Waals surface area contributed by atoms with Crippen molar-refractivity contribution in [1.29, 1.82) is 0 Å².